The molecule has 0 saturated heterocycles. The van der Waals surface area contributed by atoms with Crippen LogP contribution in [0.3, 0.4) is 0 Å². The second-order valence-electron chi connectivity index (χ2n) is 7.04. The van der Waals surface area contributed by atoms with E-state index in [0.29, 0.717) is 12.2 Å². The SMILES string of the molecule is CCSC1=CC(=O)[C@@]2(Oc3c(Cl)c(OC)cc(OC)c3C2=O)[C@H](c2ccccc2)C1. The van der Waals surface area contributed by atoms with Gasteiger partial charge >= 0.3 is 0 Å². The first-order valence-corrected chi connectivity index (χ1v) is 10.9. The molecular formula is C23H21ClO5S. The second kappa shape index (κ2) is 8.00. The van der Waals surface area contributed by atoms with Crippen molar-refractivity contribution < 1.29 is 23.8 Å². The van der Waals surface area contributed by atoms with Gasteiger partial charge in [0.05, 0.1) is 14.2 Å². The van der Waals surface area contributed by atoms with Gasteiger partial charge in [0.1, 0.15) is 22.1 Å². The summed E-state index contributed by atoms with van der Waals surface area (Å²) < 4.78 is 17.0. The molecule has 2 aliphatic rings. The Labute approximate surface area is 184 Å². The number of ether oxygens (including phenoxy) is 3. The summed E-state index contributed by atoms with van der Waals surface area (Å²) in [7, 11) is 2.92. The van der Waals surface area contributed by atoms with E-state index in [1.807, 2.05) is 37.3 Å². The van der Waals surface area contributed by atoms with Crippen molar-refractivity contribution in [1.29, 1.82) is 0 Å². The molecule has 2 aromatic rings. The fourth-order valence-corrected chi connectivity index (χ4v) is 5.26. The summed E-state index contributed by atoms with van der Waals surface area (Å²) in [6, 6.07) is 11.1. The maximum absolute atomic E-state index is 13.8. The van der Waals surface area contributed by atoms with Crippen LogP contribution in [-0.4, -0.2) is 37.1 Å². The van der Waals surface area contributed by atoms with Gasteiger partial charge in [0.15, 0.2) is 5.75 Å². The quantitative estimate of drug-likeness (QED) is 0.600. The van der Waals surface area contributed by atoms with Crippen LogP contribution < -0.4 is 14.2 Å². The smallest absolute Gasteiger partial charge is 0.240 e. The number of benzene rings is 2. The molecule has 156 valence electrons. The van der Waals surface area contributed by atoms with Crippen LogP contribution in [0.2, 0.25) is 5.02 Å². The molecule has 2 aromatic carbocycles. The molecule has 1 spiro atoms. The van der Waals surface area contributed by atoms with Gasteiger partial charge in [-0.15, -0.1) is 11.8 Å². The number of hydrogen-bond donors (Lipinski definition) is 0. The summed E-state index contributed by atoms with van der Waals surface area (Å²) in [6.45, 7) is 2.03. The Morgan fingerprint density at radius 3 is 2.50 bits per heavy atom. The Morgan fingerprint density at radius 2 is 1.87 bits per heavy atom. The topological polar surface area (TPSA) is 61.8 Å². The highest BCUT2D eigenvalue weighted by Gasteiger charge is 2.62. The van der Waals surface area contributed by atoms with E-state index in [1.165, 1.54) is 20.3 Å². The average molecular weight is 445 g/mol. The maximum Gasteiger partial charge on any atom is 0.240 e. The van der Waals surface area contributed by atoms with Gasteiger partial charge in [-0.25, -0.2) is 0 Å². The van der Waals surface area contributed by atoms with Crippen LogP contribution in [0, 0.1) is 0 Å². The van der Waals surface area contributed by atoms with Crippen LogP contribution in [0.1, 0.15) is 35.2 Å². The number of allylic oxidation sites excluding steroid dienone is 1. The van der Waals surface area contributed by atoms with E-state index < -0.39 is 17.3 Å². The summed E-state index contributed by atoms with van der Waals surface area (Å²) in [5, 5.41) is 0.149. The molecule has 1 heterocycles. The number of rotatable bonds is 5. The minimum Gasteiger partial charge on any atom is -0.496 e. The Kier molecular flexibility index (Phi) is 5.55. The van der Waals surface area contributed by atoms with E-state index in [2.05, 4.69) is 0 Å². The minimum absolute atomic E-state index is 0.132. The molecule has 4 rings (SSSR count). The van der Waals surface area contributed by atoms with Crippen molar-refractivity contribution in [2.75, 3.05) is 20.0 Å². The van der Waals surface area contributed by atoms with Gasteiger partial charge in [0.25, 0.3) is 0 Å². The Morgan fingerprint density at radius 1 is 1.17 bits per heavy atom. The molecule has 1 aliphatic carbocycles. The molecule has 0 N–H and O–H groups in total. The summed E-state index contributed by atoms with van der Waals surface area (Å²) in [5.41, 5.74) is -0.681. The Balaban J connectivity index is 1.93. The summed E-state index contributed by atoms with van der Waals surface area (Å²) >= 11 is 8.08. The molecule has 30 heavy (non-hydrogen) atoms. The first-order valence-electron chi connectivity index (χ1n) is 9.58. The van der Waals surface area contributed by atoms with E-state index in [0.717, 1.165) is 16.2 Å². The van der Waals surface area contributed by atoms with E-state index in [4.69, 9.17) is 25.8 Å². The lowest BCUT2D eigenvalue weighted by atomic mass is 9.71. The highest BCUT2D eigenvalue weighted by molar-refractivity contribution is 8.03. The van der Waals surface area contributed by atoms with Gasteiger partial charge in [0.2, 0.25) is 17.2 Å². The van der Waals surface area contributed by atoms with E-state index in [-0.39, 0.29) is 27.9 Å². The standard InChI is InChI=1S/C23H21ClO5S/c1-4-30-14-10-15(13-8-6-5-7-9-13)23(18(25)11-14)22(26)19-16(27-2)12-17(28-3)20(24)21(19)29-23/h5-9,11-12,15H,4,10H2,1-3H3/t15-,23-/m0/s1. The molecule has 0 amide bonds. The lowest BCUT2D eigenvalue weighted by Gasteiger charge is -2.37. The number of Topliss-reactive ketones (excluding diaryl/α,β-unsaturated/α-hetero) is 1. The minimum atomic E-state index is -1.72. The first kappa shape index (κ1) is 20.8. The first-order chi connectivity index (χ1) is 14.5. The van der Waals surface area contributed by atoms with Gasteiger partial charge in [-0.3, -0.25) is 9.59 Å². The molecule has 2 atom stereocenters. The Bertz CT molecular complexity index is 1050. The van der Waals surface area contributed by atoms with Crippen LogP contribution in [-0.2, 0) is 4.79 Å². The third-order valence-corrected chi connectivity index (χ3v) is 6.81. The number of ketones is 2. The molecule has 0 unspecified atom stereocenters. The van der Waals surface area contributed by atoms with E-state index in [9.17, 15) is 9.59 Å². The second-order valence-corrected chi connectivity index (χ2v) is 8.81. The lowest BCUT2D eigenvalue weighted by Crippen LogP contribution is -2.54. The molecule has 0 fully saturated rings. The Hall–Kier alpha value is -2.44. The van der Waals surface area contributed by atoms with E-state index in [1.54, 1.807) is 17.8 Å². The van der Waals surface area contributed by atoms with Gasteiger partial charge < -0.3 is 14.2 Å². The highest BCUT2D eigenvalue weighted by Crippen LogP contribution is 2.55. The van der Waals surface area contributed by atoms with E-state index >= 15 is 0 Å². The summed E-state index contributed by atoms with van der Waals surface area (Å²) in [4.78, 5) is 28.2. The van der Waals surface area contributed by atoms with Crippen molar-refractivity contribution in [2.24, 2.45) is 0 Å². The number of thioether (sulfide) groups is 1. The molecule has 0 bridgehead atoms. The number of carbonyl (C=O) groups excluding carboxylic acids is 2. The van der Waals surface area contributed by atoms with Crippen molar-refractivity contribution in [3.63, 3.8) is 0 Å². The molecule has 0 saturated carbocycles. The number of methoxy groups -OCH3 is 2. The zero-order valence-corrected chi connectivity index (χ0v) is 18.4. The normalized spacial score (nSPS) is 22.5. The number of carbonyl (C=O) groups is 2. The van der Waals surface area contributed by atoms with Crippen LogP contribution in [0.5, 0.6) is 17.2 Å². The lowest BCUT2D eigenvalue weighted by molar-refractivity contribution is -0.127. The van der Waals surface area contributed by atoms with Crippen LogP contribution in [0.15, 0.2) is 47.4 Å². The average Bonchev–Trinajstić information content (AvgIpc) is 3.07. The molecule has 1 aliphatic heterocycles. The molecule has 0 radical (unpaired) electrons. The van der Waals surface area contributed by atoms with Crippen molar-refractivity contribution in [3.05, 3.63) is 63.5 Å². The predicted octanol–water partition coefficient (Wildman–Crippen LogP) is 5.06. The largest absolute Gasteiger partial charge is 0.496 e. The third kappa shape index (κ3) is 3.01. The van der Waals surface area contributed by atoms with Crippen molar-refractivity contribution in [3.8, 4) is 17.2 Å². The van der Waals surface area contributed by atoms with Gasteiger partial charge in [-0.2, -0.15) is 0 Å². The molecule has 7 heteroatoms. The molecule has 5 nitrogen and oxygen atoms in total. The number of hydrogen-bond acceptors (Lipinski definition) is 6. The zero-order valence-electron chi connectivity index (χ0n) is 16.9. The zero-order chi connectivity index (χ0) is 21.5. The summed E-state index contributed by atoms with van der Waals surface area (Å²) in [6.07, 6.45) is 2.06. The van der Waals surface area contributed by atoms with Crippen molar-refractivity contribution >= 4 is 34.9 Å². The van der Waals surface area contributed by atoms with Crippen LogP contribution in [0.4, 0.5) is 0 Å². The van der Waals surface area contributed by atoms with Crippen LogP contribution in [0.25, 0.3) is 0 Å². The van der Waals surface area contributed by atoms with Crippen LogP contribution >= 0.6 is 23.4 Å². The maximum atomic E-state index is 13.8. The van der Waals surface area contributed by atoms with Gasteiger partial charge in [0, 0.05) is 12.0 Å². The summed E-state index contributed by atoms with van der Waals surface area (Å²) in [5.74, 6) is 0.245. The van der Waals surface area contributed by atoms with Gasteiger partial charge in [-0.05, 0) is 28.7 Å². The number of halogens is 1. The highest BCUT2D eigenvalue weighted by atomic mass is 35.5. The third-order valence-electron chi connectivity index (χ3n) is 5.50. The van der Waals surface area contributed by atoms with Gasteiger partial charge in [-0.1, -0.05) is 48.9 Å². The monoisotopic (exact) mass is 444 g/mol. The van der Waals surface area contributed by atoms with Crippen molar-refractivity contribution in [1.82, 2.24) is 0 Å². The predicted molar refractivity (Wildman–Crippen MR) is 117 cm³/mol. The molecular weight excluding hydrogens is 424 g/mol. The molecule has 0 aromatic heterocycles. The fraction of sp³-hybridized carbons (Fsp3) is 0.304. The fourth-order valence-electron chi connectivity index (χ4n) is 4.15. The number of fused-ring (bicyclic) bond motifs is 1. The van der Waals surface area contributed by atoms with Crippen molar-refractivity contribution in [2.45, 2.75) is 24.9 Å².